The molecule has 1 aromatic heterocycles. The molecule has 2 aliphatic heterocycles. The van der Waals surface area contributed by atoms with Gasteiger partial charge in [0.1, 0.15) is 5.75 Å². The fourth-order valence-electron chi connectivity index (χ4n) is 4.32. The van der Waals surface area contributed by atoms with E-state index in [1.807, 2.05) is 29.1 Å². The summed E-state index contributed by atoms with van der Waals surface area (Å²) in [5.41, 5.74) is 6.23. The lowest BCUT2D eigenvalue weighted by Crippen LogP contribution is -2.37. The summed E-state index contributed by atoms with van der Waals surface area (Å²) >= 11 is 0. The number of aliphatic carboxylic acids is 1. The van der Waals surface area contributed by atoms with Crippen molar-refractivity contribution in [1.29, 1.82) is 0 Å². The number of carbonyl (C=O) groups excluding carboxylic acids is 1. The molecule has 2 aromatic rings. The minimum absolute atomic E-state index is 0.0780. The number of nitrogens with one attached hydrogen (secondary N) is 2. The van der Waals surface area contributed by atoms with Gasteiger partial charge >= 0.3 is 5.97 Å². The Morgan fingerprint density at radius 1 is 1.31 bits per heavy atom. The lowest BCUT2D eigenvalue weighted by Gasteiger charge is -2.25. The van der Waals surface area contributed by atoms with Gasteiger partial charge < -0.3 is 25.5 Å². The highest BCUT2D eigenvalue weighted by Crippen LogP contribution is 2.28. The van der Waals surface area contributed by atoms with Crippen molar-refractivity contribution in [3.8, 4) is 5.75 Å². The van der Waals surface area contributed by atoms with Gasteiger partial charge in [-0.3, -0.25) is 9.59 Å². The fraction of sp³-hybridized carbons (Fsp3) is 0.522. The number of amides is 1. The Morgan fingerprint density at radius 3 is 2.91 bits per heavy atom. The zero-order valence-electron chi connectivity index (χ0n) is 18.6. The third kappa shape index (κ3) is 5.15. The number of hydrogen-bond donors (Lipinski definition) is 3. The zero-order valence-corrected chi connectivity index (χ0v) is 18.6. The molecule has 0 aliphatic carbocycles. The molecule has 0 spiro atoms. The van der Waals surface area contributed by atoms with Crippen LogP contribution in [-0.4, -0.2) is 57.8 Å². The Labute approximate surface area is 187 Å². The van der Waals surface area contributed by atoms with Gasteiger partial charge in [0, 0.05) is 32.6 Å². The molecule has 2 aliphatic rings. The van der Waals surface area contributed by atoms with E-state index in [-0.39, 0.29) is 12.3 Å². The number of rotatable bonds is 8. The quantitative estimate of drug-likeness (QED) is 0.576. The lowest BCUT2D eigenvalue weighted by atomic mass is 9.94. The largest absolute Gasteiger partial charge is 0.493 e. The number of nitrogens with zero attached hydrogens (tertiary/aromatic N) is 3. The van der Waals surface area contributed by atoms with E-state index in [0.29, 0.717) is 38.5 Å². The van der Waals surface area contributed by atoms with E-state index in [2.05, 4.69) is 29.6 Å². The van der Waals surface area contributed by atoms with Gasteiger partial charge in [-0.1, -0.05) is 19.9 Å². The number of imidazole rings is 1. The van der Waals surface area contributed by atoms with Crippen molar-refractivity contribution in [3.05, 3.63) is 41.2 Å². The van der Waals surface area contributed by atoms with Crippen molar-refractivity contribution in [2.45, 2.75) is 39.7 Å². The van der Waals surface area contributed by atoms with Crippen molar-refractivity contribution in [2.75, 3.05) is 37.0 Å². The molecular formula is C23H31N5O4. The second-order valence-electron chi connectivity index (χ2n) is 8.90. The monoisotopic (exact) mass is 441 g/mol. The highest BCUT2D eigenvalue weighted by molar-refractivity contribution is 5.84. The maximum atomic E-state index is 13.0. The second-order valence-corrected chi connectivity index (χ2v) is 8.90. The molecule has 0 bridgehead atoms. The van der Waals surface area contributed by atoms with Gasteiger partial charge in [-0.15, -0.1) is 0 Å². The van der Waals surface area contributed by atoms with E-state index >= 15 is 0 Å². The molecule has 0 saturated carbocycles. The molecule has 1 atom stereocenters. The van der Waals surface area contributed by atoms with Crippen molar-refractivity contribution >= 4 is 17.8 Å². The normalized spacial score (nSPS) is 17.8. The predicted octanol–water partition coefficient (Wildman–Crippen LogP) is 2.11. The Morgan fingerprint density at radius 2 is 2.16 bits per heavy atom. The molecule has 32 heavy (non-hydrogen) atoms. The molecule has 172 valence electrons. The van der Waals surface area contributed by atoms with Gasteiger partial charge in [0.15, 0.2) is 0 Å². The van der Waals surface area contributed by atoms with Crippen LogP contribution in [0.5, 0.6) is 5.75 Å². The van der Waals surface area contributed by atoms with Crippen LogP contribution >= 0.6 is 0 Å². The first kappa shape index (κ1) is 22.0. The van der Waals surface area contributed by atoms with Crippen LogP contribution in [0.2, 0.25) is 0 Å². The standard InChI is InChI=1S/C23H31N5O4/c1-15(2)12-27-13-18-10-20(4-3-16(18)9-17(22(27)31)11-21(29)30)32-8-5-19-14-28-23(26-19)24-6-7-25-28/h3-4,10,14-15,17,25H,5-9,11-13H2,1-2H3,(H,24,26)(H,29,30). The molecule has 0 fully saturated rings. The topological polar surface area (TPSA) is 109 Å². The number of carboxylic acid groups (broad SMARTS) is 1. The van der Waals surface area contributed by atoms with Crippen LogP contribution in [0.25, 0.3) is 0 Å². The smallest absolute Gasteiger partial charge is 0.304 e. The first-order valence-corrected chi connectivity index (χ1v) is 11.2. The van der Waals surface area contributed by atoms with E-state index in [4.69, 9.17) is 4.74 Å². The average Bonchev–Trinajstić information content (AvgIpc) is 3.11. The number of carboxylic acids is 1. The van der Waals surface area contributed by atoms with E-state index in [0.717, 1.165) is 41.6 Å². The Bertz CT molecular complexity index is 963. The molecule has 1 unspecified atom stereocenters. The molecule has 3 N–H and O–H groups in total. The van der Waals surface area contributed by atoms with Crippen molar-refractivity contribution in [3.63, 3.8) is 0 Å². The van der Waals surface area contributed by atoms with Crippen molar-refractivity contribution in [1.82, 2.24) is 14.6 Å². The number of hydrogen-bond acceptors (Lipinski definition) is 6. The Hall–Kier alpha value is -3.23. The minimum Gasteiger partial charge on any atom is -0.493 e. The summed E-state index contributed by atoms with van der Waals surface area (Å²) in [7, 11) is 0. The minimum atomic E-state index is -0.942. The van der Waals surface area contributed by atoms with Gasteiger partial charge in [-0.05, 0) is 35.6 Å². The molecule has 9 nitrogen and oxygen atoms in total. The zero-order chi connectivity index (χ0) is 22.7. The summed E-state index contributed by atoms with van der Waals surface area (Å²) in [6.07, 6.45) is 2.94. The lowest BCUT2D eigenvalue weighted by molar-refractivity contribution is -0.144. The Balaban J connectivity index is 1.44. The van der Waals surface area contributed by atoms with Crippen LogP contribution in [0.1, 0.15) is 37.1 Å². The molecule has 1 amide bonds. The summed E-state index contributed by atoms with van der Waals surface area (Å²) in [6, 6.07) is 5.86. The SMILES string of the molecule is CC(C)CN1Cc2cc(OCCc3cn4c(n3)NCCN4)ccc2CC(CC(=O)O)C1=O. The van der Waals surface area contributed by atoms with Gasteiger partial charge in [0.05, 0.1) is 30.8 Å². The molecule has 0 radical (unpaired) electrons. The predicted molar refractivity (Wildman–Crippen MR) is 120 cm³/mol. The second kappa shape index (κ2) is 9.50. The summed E-state index contributed by atoms with van der Waals surface area (Å²) in [5, 5.41) is 12.5. The highest BCUT2D eigenvalue weighted by atomic mass is 16.5. The maximum Gasteiger partial charge on any atom is 0.304 e. The Kier molecular flexibility index (Phi) is 6.53. The third-order valence-electron chi connectivity index (χ3n) is 5.75. The molecule has 4 rings (SSSR count). The maximum absolute atomic E-state index is 13.0. The van der Waals surface area contributed by atoms with Crippen LogP contribution in [0.4, 0.5) is 5.95 Å². The van der Waals surface area contributed by atoms with E-state index in [1.165, 1.54) is 0 Å². The molecule has 3 heterocycles. The number of carbonyl (C=O) groups is 2. The number of aromatic nitrogens is 2. The summed E-state index contributed by atoms with van der Waals surface area (Å²) < 4.78 is 7.89. The first-order chi connectivity index (χ1) is 15.4. The number of ether oxygens (including phenoxy) is 1. The summed E-state index contributed by atoms with van der Waals surface area (Å²) in [4.78, 5) is 30.7. The van der Waals surface area contributed by atoms with Crippen LogP contribution < -0.4 is 15.5 Å². The van der Waals surface area contributed by atoms with Crippen LogP contribution in [0.15, 0.2) is 24.4 Å². The molecule has 9 heteroatoms. The summed E-state index contributed by atoms with van der Waals surface area (Å²) in [5.74, 6) is 0.316. The van der Waals surface area contributed by atoms with E-state index < -0.39 is 11.9 Å². The number of anilines is 1. The fourth-order valence-corrected chi connectivity index (χ4v) is 4.32. The van der Waals surface area contributed by atoms with Crippen LogP contribution in [0, 0.1) is 11.8 Å². The van der Waals surface area contributed by atoms with E-state index in [1.54, 1.807) is 4.90 Å². The summed E-state index contributed by atoms with van der Waals surface area (Å²) in [6.45, 7) is 7.40. The molecule has 0 saturated heterocycles. The highest BCUT2D eigenvalue weighted by Gasteiger charge is 2.31. The number of benzene rings is 1. The van der Waals surface area contributed by atoms with E-state index in [9.17, 15) is 14.7 Å². The van der Waals surface area contributed by atoms with Gasteiger partial charge in [0.25, 0.3) is 0 Å². The molecule has 1 aromatic carbocycles. The average molecular weight is 442 g/mol. The van der Waals surface area contributed by atoms with Crippen LogP contribution in [-0.2, 0) is 29.0 Å². The number of fused-ring (bicyclic) bond motifs is 2. The van der Waals surface area contributed by atoms with Gasteiger partial charge in [-0.25, -0.2) is 9.66 Å². The third-order valence-corrected chi connectivity index (χ3v) is 5.75. The molecular weight excluding hydrogens is 410 g/mol. The first-order valence-electron chi connectivity index (χ1n) is 11.2. The van der Waals surface area contributed by atoms with Crippen molar-refractivity contribution in [2.24, 2.45) is 11.8 Å². The van der Waals surface area contributed by atoms with Gasteiger partial charge in [-0.2, -0.15) is 0 Å². The van der Waals surface area contributed by atoms with Crippen LogP contribution in [0.3, 0.4) is 0 Å². The van der Waals surface area contributed by atoms with Gasteiger partial charge in [0.2, 0.25) is 11.9 Å². The van der Waals surface area contributed by atoms with Crippen molar-refractivity contribution < 1.29 is 19.4 Å².